The number of para-hydroxylation sites is 3. The number of fused-ring (bicyclic) bond motifs is 3. The van der Waals surface area contributed by atoms with Gasteiger partial charge in [0.15, 0.2) is 0 Å². The molecule has 289 valence electrons. The van der Waals surface area contributed by atoms with E-state index in [0.29, 0.717) is 0 Å². The molecule has 2 heterocycles. The van der Waals surface area contributed by atoms with Crippen molar-refractivity contribution < 1.29 is 22.4 Å². The van der Waals surface area contributed by atoms with E-state index in [0.717, 1.165) is 44.9 Å². The number of amidine groups is 1. The Morgan fingerprint density at radius 2 is 0.895 bits per heavy atom. The Labute approximate surface area is 353 Å². The summed E-state index contributed by atoms with van der Waals surface area (Å²) in [7, 11) is 0. The fraction of sp³-hybridized carbons (Fsp3) is 0.154. The van der Waals surface area contributed by atoms with Crippen LogP contribution in [-0.4, -0.2) is 5.84 Å². The predicted molar refractivity (Wildman–Crippen MR) is 238 cm³/mol. The Morgan fingerprint density at radius 1 is 0.474 bits per heavy atom. The van der Waals surface area contributed by atoms with Crippen LogP contribution >= 0.6 is 0 Å². The molecule has 1 aliphatic heterocycles. The molecule has 7 aromatic carbocycles. The number of nitrogens with zero attached hydrogens (tertiary/aromatic N) is 4. The van der Waals surface area contributed by atoms with Gasteiger partial charge in [0.05, 0.1) is 0 Å². The maximum absolute atomic E-state index is 5.32. The normalized spacial score (nSPS) is 12.9. The molecule has 8 aromatic rings. The molecule has 5 heteroatoms. The molecule has 0 saturated carbocycles. The molecule has 9 rings (SSSR count). The number of hydrazone groups is 1. The third-order valence-electron chi connectivity index (χ3n) is 10.4. The summed E-state index contributed by atoms with van der Waals surface area (Å²) >= 11 is 0. The number of hydrogen-bond acceptors (Lipinski definition) is 3. The molecule has 0 N–H and O–H groups in total. The first-order valence-electron chi connectivity index (χ1n) is 19.4. The van der Waals surface area contributed by atoms with E-state index in [1.54, 1.807) is 0 Å². The zero-order valence-electron chi connectivity index (χ0n) is 33.4. The summed E-state index contributed by atoms with van der Waals surface area (Å²) in [6.07, 6.45) is 0. The molecule has 0 atom stereocenters. The second-order valence-electron chi connectivity index (χ2n) is 16.5. The molecule has 1 aliphatic rings. The summed E-state index contributed by atoms with van der Waals surface area (Å²) in [5, 5.41) is 9.88. The van der Waals surface area contributed by atoms with E-state index >= 15 is 0 Å². The van der Waals surface area contributed by atoms with E-state index in [4.69, 9.17) is 5.10 Å². The summed E-state index contributed by atoms with van der Waals surface area (Å²) in [6, 6.07) is 61.8. The average Bonchev–Trinajstić information content (AvgIpc) is 3.84. The van der Waals surface area contributed by atoms with Gasteiger partial charge >= 0.3 is 0 Å². The summed E-state index contributed by atoms with van der Waals surface area (Å²) in [4.78, 5) is 6.79. The minimum Gasteiger partial charge on any atom is -0.657 e. The molecule has 0 aliphatic carbocycles. The molecule has 1 radical (unpaired) electrons. The first-order chi connectivity index (χ1) is 27.0. The van der Waals surface area contributed by atoms with Gasteiger partial charge in [-0.3, -0.25) is 0 Å². The van der Waals surface area contributed by atoms with Crippen LogP contribution in [-0.2, 0) is 33.2 Å². The van der Waals surface area contributed by atoms with E-state index in [9.17, 15) is 0 Å². The van der Waals surface area contributed by atoms with Crippen LogP contribution in [0, 0.1) is 6.67 Å². The summed E-state index contributed by atoms with van der Waals surface area (Å²) < 4.78 is 0. The Bertz CT molecular complexity index is 2490. The van der Waals surface area contributed by atoms with E-state index < -0.39 is 0 Å². The van der Waals surface area contributed by atoms with Crippen molar-refractivity contribution in [2.45, 2.75) is 52.4 Å². The van der Waals surface area contributed by atoms with Gasteiger partial charge in [-0.25, -0.2) is 0 Å². The summed E-state index contributed by atoms with van der Waals surface area (Å²) in [6.45, 7) is 15.8. The van der Waals surface area contributed by atoms with Crippen molar-refractivity contribution in [3.63, 3.8) is 0 Å². The third kappa shape index (κ3) is 8.40. The van der Waals surface area contributed by atoms with Crippen molar-refractivity contribution in [3.05, 3.63) is 199 Å². The van der Waals surface area contributed by atoms with Crippen LogP contribution in [0.25, 0.3) is 44.1 Å². The van der Waals surface area contributed by atoms with Crippen LogP contribution in [0.5, 0.6) is 0 Å². The number of benzene rings is 7. The van der Waals surface area contributed by atoms with Crippen LogP contribution in [0.2, 0.25) is 0 Å². The van der Waals surface area contributed by atoms with E-state index in [-0.39, 0.29) is 33.2 Å². The Kier molecular flexibility index (Phi) is 11.4. The standard InChI is InChI=1S/C40H40N3.C12H8N.Au/c1-39(2,3)32-25-33(40(4,5)6)27-34(26-32)43-28-42(38(41-43)31-21-14-9-15-22-31)37-35(29-17-10-7-11-18-29)23-16-24-36(37)30-19-12-8-13-20-30;1-3-7-11-9(5-1)10-6-2-4-8-12(10)13-11;/h7-28H,1-6H3;1-8H;/q2*-1;. The quantitative estimate of drug-likeness (QED) is 0.127. The van der Waals surface area contributed by atoms with Gasteiger partial charge in [0.25, 0.3) is 0 Å². The van der Waals surface area contributed by atoms with Crippen LogP contribution < -0.4 is 14.9 Å². The molecule has 0 unspecified atom stereocenters. The van der Waals surface area contributed by atoms with Crippen molar-refractivity contribution in [2.75, 3.05) is 9.91 Å². The molecule has 4 nitrogen and oxygen atoms in total. The van der Waals surface area contributed by atoms with Gasteiger partial charge in [-0.1, -0.05) is 205 Å². The second-order valence-corrected chi connectivity index (χ2v) is 16.5. The van der Waals surface area contributed by atoms with Crippen molar-refractivity contribution in [1.29, 1.82) is 0 Å². The zero-order chi connectivity index (χ0) is 38.9. The predicted octanol–water partition coefficient (Wildman–Crippen LogP) is 13.4. The molecule has 1 aromatic heterocycles. The summed E-state index contributed by atoms with van der Waals surface area (Å²) in [5.74, 6) is 0.889. The number of anilines is 2. The van der Waals surface area contributed by atoms with Crippen molar-refractivity contribution in [1.82, 2.24) is 4.98 Å². The molecule has 0 bridgehead atoms. The summed E-state index contributed by atoms with van der Waals surface area (Å²) in [5.41, 5.74) is 12.6. The Hall–Kier alpha value is -5.65. The molecular weight excluding hydrogens is 878 g/mol. The first kappa shape index (κ1) is 39.6. The maximum Gasteiger partial charge on any atom is 0.129 e. The smallest absolute Gasteiger partial charge is 0.129 e. The van der Waals surface area contributed by atoms with Crippen LogP contribution in [0.3, 0.4) is 0 Å². The van der Waals surface area contributed by atoms with Gasteiger partial charge in [-0.15, -0.1) is 17.7 Å². The zero-order valence-corrected chi connectivity index (χ0v) is 35.6. The minimum absolute atomic E-state index is 0. The Balaban J connectivity index is 0.000000297. The molecule has 0 fully saturated rings. The topological polar surface area (TPSA) is 32.9 Å². The van der Waals surface area contributed by atoms with Gasteiger partial charge in [0.2, 0.25) is 0 Å². The second kappa shape index (κ2) is 16.4. The molecular formula is C52H48AuN4-2. The number of rotatable bonds is 5. The van der Waals surface area contributed by atoms with Gasteiger partial charge < -0.3 is 14.9 Å². The van der Waals surface area contributed by atoms with Crippen LogP contribution in [0.15, 0.2) is 181 Å². The van der Waals surface area contributed by atoms with E-state index in [2.05, 4.69) is 227 Å². The van der Waals surface area contributed by atoms with Gasteiger partial charge in [-0.2, -0.15) is 5.10 Å². The van der Waals surface area contributed by atoms with Crippen molar-refractivity contribution in [2.24, 2.45) is 5.10 Å². The van der Waals surface area contributed by atoms with Crippen molar-refractivity contribution >= 4 is 39.0 Å². The third-order valence-corrected chi connectivity index (χ3v) is 10.4. The largest absolute Gasteiger partial charge is 0.657 e. The average molecular weight is 926 g/mol. The van der Waals surface area contributed by atoms with Crippen molar-refractivity contribution in [3.8, 4) is 22.3 Å². The number of hydrogen-bond donors (Lipinski definition) is 0. The Morgan fingerprint density at radius 3 is 1.35 bits per heavy atom. The van der Waals surface area contributed by atoms with Gasteiger partial charge in [-0.05, 0) is 56.0 Å². The fourth-order valence-electron chi connectivity index (χ4n) is 7.25. The molecule has 0 saturated heterocycles. The van der Waals surface area contributed by atoms with Crippen LogP contribution in [0.4, 0.5) is 11.4 Å². The maximum atomic E-state index is 5.32. The number of aromatic nitrogens is 1. The molecule has 57 heavy (non-hydrogen) atoms. The monoisotopic (exact) mass is 925 g/mol. The first-order valence-corrected chi connectivity index (χ1v) is 19.4. The SMILES string of the molecule is CC(C)(C)c1cc(N2[CH-]N(c3c(-c4ccccc4)cccc3-c3ccccc3)C(c3ccccc3)=N2)cc(C(C)(C)C)c1.[Au].c1ccc2c(c1)[n-]c1ccccc12. The fourth-order valence-corrected chi connectivity index (χ4v) is 7.25. The molecule has 0 amide bonds. The van der Waals surface area contributed by atoms with Gasteiger partial charge in [0.1, 0.15) is 5.84 Å². The van der Waals surface area contributed by atoms with E-state index in [1.807, 2.05) is 12.1 Å². The van der Waals surface area contributed by atoms with Gasteiger partial charge in [0, 0.05) is 50.4 Å². The van der Waals surface area contributed by atoms with Crippen LogP contribution in [0.1, 0.15) is 58.2 Å². The van der Waals surface area contributed by atoms with E-state index in [1.165, 1.54) is 33.0 Å². The minimum atomic E-state index is 0. The molecule has 0 spiro atoms.